The summed E-state index contributed by atoms with van der Waals surface area (Å²) in [6.45, 7) is 1.93. The third kappa shape index (κ3) is 1.76. The van der Waals surface area contributed by atoms with E-state index in [0.29, 0.717) is 5.39 Å². The van der Waals surface area contributed by atoms with Crippen LogP contribution in [0, 0.1) is 5.82 Å². The highest BCUT2D eigenvalue weighted by atomic mass is 35.5. The van der Waals surface area contributed by atoms with Gasteiger partial charge in [-0.15, -0.1) is 0 Å². The van der Waals surface area contributed by atoms with Crippen LogP contribution in [0.3, 0.4) is 0 Å². The molecule has 0 bridgehead atoms. The Labute approximate surface area is 95.7 Å². The molecular weight excluding hydrogens is 235 g/mol. The molecule has 0 atom stereocenters. The first kappa shape index (κ1) is 11.0. The minimum Gasteiger partial charge on any atom is -0.462 e. The Morgan fingerprint density at radius 3 is 3.00 bits per heavy atom. The Hall–Kier alpha value is -1.55. The van der Waals surface area contributed by atoms with Gasteiger partial charge in [0.25, 0.3) is 0 Å². The van der Waals surface area contributed by atoms with Crippen LogP contribution in [-0.2, 0) is 4.74 Å². The second-order valence-electron chi connectivity index (χ2n) is 3.13. The maximum atomic E-state index is 13.4. The molecule has 1 aromatic heterocycles. The SMILES string of the molecule is CCOC(=O)c1coc2c(F)cc(Cl)cc12. The lowest BCUT2D eigenvalue weighted by molar-refractivity contribution is 0.0527. The zero-order valence-corrected chi connectivity index (χ0v) is 9.18. The van der Waals surface area contributed by atoms with Crippen molar-refractivity contribution < 1.29 is 18.3 Å². The van der Waals surface area contributed by atoms with Crippen molar-refractivity contribution in [3.63, 3.8) is 0 Å². The fourth-order valence-electron chi connectivity index (χ4n) is 1.43. The van der Waals surface area contributed by atoms with Crippen molar-refractivity contribution in [1.82, 2.24) is 0 Å². The zero-order chi connectivity index (χ0) is 11.7. The quantitative estimate of drug-likeness (QED) is 0.758. The molecule has 1 heterocycles. The number of carbonyl (C=O) groups is 1. The first-order valence-corrected chi connectivity index (χ1v) is 5.04. The van der Waals surface area contributed by atoms with Gasteiger partial charge in [-0.1, -0.05) is 11.6 Å². The Morgan fingerprint density at radius 1 is 1.56 bits per heavy atom. The van der Waals surface area contributed by atoms with Gasteiger partial charge in [0.05, 0.1) is 6.61 Å². The number of hydrogen-bond acceptors (Lipinski definition) is 3. The molecule has 0 aliphatic rings. The van der Waals surface area contributed by atoms with Gasteiger partial charge < -0.3 is 9.15 Å². The highest BCUT2D eigenvalue weighted by molar-refractivity contribution is 6.31. The Bertz CT molecular complexity index is 547. The average molecular weight is 243 g/mol. The van der Waals surface area contributed by atoms with E-state index in [2.05, 4.69) is 0 Å². The first-order chi connectivity index (χ1) is 7.63. The summed E-state index contributed by atoms with van der Waals surface area (Å²) in [6, 6.07) is 2.60. The smallest absolute Gasteiger partial charge is 0.342 e. The average Bonchev–Trinajstić information content (AvgIpc) is 2.61. The summed E-state index contributed by atoms with van der Waals surface area (Å²) >= 11 is 5.70. The van der Waals surface area contributed by atoms with E-state index in [1.807, 2.05) is 0 Å². The lowest BCUT2D eigenvalue weighted by Gasteiger charge is -1.99. The van der Waals surface area contributed by atoms with Crippen LogP contribution in [0.4, 0.5) is 4.39 Å². The maximum absolute atomic E-state index is 13.4. The van der Waals surface area contributed by atoms with Gasteiger partial charge >= 0.3 is 5.97 Å². The molecule has 0 N–H and O–H groups in total. The predicted octanol–water partition coefficient (Wildman–Crippen LogP) is 3.40. The molecule has 1 aromatic carbocycles. The molecule has 0 aliphatic carbocycles. The minimum atomic E-state index is -0.599. The van der Waals surface area contributed by atoms with E-state index < -0.39 is 11.8 Å². The molecule has 2 aromatic rings. The summed E-state index contributed by atoms with van der Waals surface area (Å²) in [5.74, 6) is -1.15. The van der Waals surface area contributed by atoms with Crippen LogP contribution in [0.5, 0.6) is 0 Å². The van der Waals surface area contributed by atoms with Gasteiger partial charge in [0.1, 0.15) is 11.8 Å². The number of halogens is 2. The highest BCUT2D eigenvalue weighted by Gasteiger charge is 2.17. The van der Waals surface area contributed by atoms with E-state index in [1.165, 1.54) is 12.3 Å². The van der Waals surface area contributed by atoms with Gasteiger partial charge in [-0.3, -0.25) is 0 Å². The molecule has 0 amide bonds. The van der Waals surface area contributed by atoms with Gasteiger partial charge in [0.15, 0.2) is 11.4 Å². The number of ether oxygens (including phenoxy) is 1. The first-order valence-electron chi connectivity index (χ1n) is 4.67. The van der Waals surface area contributed by atoms with Crippen molar-refractivity contribution in [2.24, 2.45) is 0 Å². The molecule has 0 aliphatic heterocycles. The molecule has 0 radical (unpaired) electrons. The third-order valence-corrected chi connectivity index (χ3v) is 2.31. The molecule has 2 rings (SSSR count). The highest BCUT2D eigenvalue weighted by Crippen LogP contribution is 2.27. The number of hydrogen-bond donors (Lipinski definition) is 0. The zero-order valence-electron chi connectivity index (χ0n) is 8.42. The van der Waals surface area contributed by atoms with Crippen molar-refractivity contribution in [2.45, 2.75) is 6.92 Å². The molecule has 5 heteroatoms. The van der Waals surface area contributed by atoms with E-state index in [4.69, 9.17) is 20.8 Å². The summed E-state index contributed by atoms with van der Waals surface area (Å²) in [4.78, 5) is 11.5. The van der Waals surface area contributed by atoms with E-state index in [0.717, 1.165) is 6.07 Å². The minimum absolute atomic E-state index is 0.00690. The van der Waals surface area contributed by atoms with Crippen molar-refractivity contribution in [3.8, 4) is 0 Å². The monoisotopic (exact) mass is 242 g/mol. The summed E-state index contributed by atoms with van der Waals surface area (Å²) in [5, 5.41) is 0.528. The summed E-state index contributed by atoms with van der Waals surface area (Å²) in [6.07, 6.45) is 1.17. The molecule has 0 unspecified atom stereocenters. The lowest BCUT2D eigenvalue weighted by atomic mass is 10.2. The lowest BCUT2D eigenvalue weighted by Crippen LogP contribution is -2.03. The van der Waals surface area contributed by atoms with E-state index in [9.17, 15) is 9.18 Å². The second kappa shape index (κ2) is 4.14. The van der Waals surface area contributed by atoms with Crippen LogP contribution in [-0.4, -0.2) is 12.6 Å². The Balaban J connectivity index is 2.60. The summed E-state index contributed by atoms with van der Waals surface area (Å²) in [5.41, 5.74) is 0.186. The standard InChI is InChI=1S/C11H8ClFO3/c1-2-15-11(14)8-5-16-10-7(8)3-6(12)4-9(10)13/h3-5H,2H2,1H3. The summed E-state index contributed by atoms with van der Waals surface area (Å²) < 4.78 is 23.2. The van der Waals surface area contributed by atoms with Gasteiger partial charge in [-0.25, -0.2) is 9.18 Å². The van der Waals surface area contributed by atoms with Gasteiger partial charge in [-0.2, -0.15) is 0 Å². The predicted molar refractivity (Wildman–Crippen MR) is 57.1 cm³/mol. The van der Waals surface area contributed by atoms with Gasteiger partial charge in [-0.05, 0) is 19.1 Å². The van der Waals surface area contributed by atoms with E-state index in [1.54, 1.807) is 6.92 Å². The largest absolute Gasteiger partial charge is 0.462 e. The van der Waals surface area contributed by atoms with Crippen molar-refractivity contribution >= 4 is 28.5 Å². The van der Waals surface area contributed by atoms with Crippen LogP contribution < -0.4 is 0 Å². The molecule has 3 nitrogen and oxygen atoms in total. The number of carbonyl (C=O) groups excluding carboxylic acids is 1. The topological polar surface area (TPSA) is 39.4 Å². The normalized spacial score (nSPS) is 10.7. The molecule has 0 spiro atoms. The molecule has 16 heavy (non-hydrogen) atoms. The van der Waals surface area contributed by atoms with E-state index >= 15 is 0 Å². The number of rotatable bonds is 2. The molecule has 0 saturated heterocycles. The van der Waals surface area contributed by atoms with Crippen molar-refractivity contribution in [3.05, 3.63) is 34.8 Å². The number of fused-ring (bicyclic) bond motifs is 1. The van der Waals surface area contributed by atoms with Crippen LogP contribution in [0.25, 0.3) is 11.0 Å². The number of benzene rings is 1. The van der Waals surface area contributed by atoms with Crippen LogP contribution in [0.1, 0.15) is 17.3 Å². The van der Waals surface area contributed by atoms with Crippen LogP contribution in [0.2, 0.25) is 5.02 Å². The fourth-order valence-corrected chi connectivity index (χ4v) is 1.63. The third-order valence-electron chi connectivity index (χ3n) is 2.09. The molecule has 0 fully saturated rings. The number of esters is 1. The number of furan rings is 1. The van der Waals surface area contributed by atoms with Crippen molar-refractivity contribution in [2.75, 3.05) is 6.61 Å². The molecular formula is C11H8ClFO3. The second-order valence-corrected chi connectivity index (χ2v) is 3.57. The van der Waals surface area contributed by atoms with Gasteiger partial charge in [0.2, 0.25) is 0 Å². The fraction of sp³-hybridized carbons (Fsp3) is 0.182. The molecule has 84 valence electrons. The van der Waals surface area contributed by atoms with Crippen LogP contribution >= 0.6 is 11.6 Å². The molecule has 0 saturated carbocycles. The van der Waals surface area contributed by atoms with Crippen molar-refractivity contribution in [1.29, 1.82) is 0 Å². The Morgan fingerprint density at radius 2 is 2.31 bits per heavy atom. The van der Waals surface area contributed by atoms with Crippen LogP contribution in [0.15, 0.2) is 22.8 Å². The van der Waals surface area contributed by atoms with Gasteiger partial charge in [0, 0.05) is 10.4 Å². The summed E-state index contributed by atoms with van der Waals surface area (Å²) in [7, 11) is 0. The Kier molecular flexibility index (Phi) is 2.83. The van der Waals surface area contributed by atoms with E-state index in [-0.39, 0.29) is 22.8 Å². The maximum Gasteiger partial charge on any atom is 0.342 e.